The molecule has 0 fully saturated rings. The van der Waals surface area contributed by atoms with Crippen molar-refractivity contribution in [1.29, 1.82) is 0 Å². The standard InChI is InChI=1S/C18H24N/c1-6-15-7-9-17(14(4)11-15)18-10-8-16(13(2)3)12-19(18)5/h7-13H,6H2,1-5H3/q+1/i1D3,2D3,6D2,13D. The molecule has 1 atom stereocenters. The molecule has 1 heterocycles. The second kappa shape index (κ2) is 5.56. The lowest BCUT2D eigenvalue weighted by Crippen LogP contribution is -2.31. The van der Waals surface area contributed by atoms with Gasteiger partial charge in [0.2, 0.25) is 5.69 Å². The third kappa shape index (κ3) is 2.86. The van der Waals surface area contributed by atoms with Crippen molar-refractivity contribution in [2.24, 2.45) is 7.05 Å². The smallest absolute Gasteiger partial charge is 0.201 e. The van der Waals surface area contributed by atoms with Crippen LogP contribution < -0.4 is 4.57 Å². The molecule has 2 rings (SSSR count). The fourth-order valence-corrected chi connectivity index (χ4v) is 2.14. The van der Waals surface area contributed by atoms with Crippen LogP contribution in [0.3, 0.4) is 0 Å². The molecule has 1 unspecified atom stereocenters. The molecule has 1 heteroatoms. The summed E-state index contributed by atoms with van der Waals surface area (Å²) < 4.78 is 70.8. The Hall–Kier alpha value is -1.63. The number of aromatic nitrogens is 1. The number of nitrogens with zero attached hydrogens (tertiary/aromatic N) is 1. The van der Waals surface area contributed by atoms with Gasteiger partial charge >= 0.3 is 0 Å². The van der Waals surface area contributed by atoms with Crippen LogP contribution in [-0.2, 0) is 13.4 Å². The first-order chi connectivity index (χ1) is 12.5. The van der Waals surface area contributed by atoms with Crippen LogP contribution in [0, 0.1) is 6.92 Å². The summed E-state index contributed by atoms with van der Waals surface area (Å²) in [6, 6.07) is 7.96. The lowest BCUT2D eigenvalue weighted by Gasteiger charge is -2.09. The van der Waals surface area contributed by atoms with E-state index in [0.29, 0.717) is 11.1 Å². The first-order valence-corrected chi connectivity index (χ1v) is 6.12. The van der Waals surface area contributed by atoms with Gasteiger partial charge in [0.05, 0.1) is 0 Å². The van der Waals surface area contributed by atoms with Crippen LogP contribution in [0.25, 0.3) is 11.3 Å². The third-order valence-electron chi connectivity index (χ3n) is 3.21. The Kier molecular flexibility index (Phi) is 1.82. The molecule has 0 aliphatic carbocycles. The second-order valence-electron chi connectivity index (χ2n) is 4.69. The average molecular weight is 263 g/mol. The molecule has 0 bridgehead atoms. The van der Waals surface area contributed by atoms with Gasteiger partial charge in [-0.1, -0.05) is 32.8 Å². The zero-order valence-electron chi connectivity index (χ0n) is 20.4. The Bertz CT molecular complexity index is 806. The molecule has 0 saturated carbocycles. The van der Waals surface area contributed by atoms with Crippen LogP contribution in [0.2, 0.25) is 0 Å². The minimum Gasteiger partial charge on any atom is -0.201 e. The van der Waals surface area contributed by atoms with Gasteiger partial charge in [-0.3, -0.25) is 0 Å². The lowest BCUT2D eigenvalue weighted by molar-refractivity contribution is -0.660. The van der Waals surface area contributed by atoms with Gasteiger partial charge in [-0.2, -0.15) is 0 Å². The van der Waals surface area contributed by atoms with E-state index in [1.54, 1.807) is 42.9 Å². The summed E-state index contributed by atoms with van der Waals surface area (Å²) in [4.78, 5) is 0. The predicted octanol–water partition coefficient (Wildman–Crippen LogP) is 4.17. The Labute approximate surface area is 129 Å². The number of hydrogen-bond donors (Lipinski definition) is 0. The average Bonchev–Trinajstić information content (AvgIpc) is 2.53. The molecule has 0 aliphatic rings. The molecule has 19 heavy (non-hydrogen) atoms. The zero-order chi connectivity index (χ0) is 21.7. The molecule has 0 radical (unpaired) electrons. The van der Waals surface area contributed by atoms with Crippen molar-refractivity contribution in [3.05, 3.63) is 53.2 Å². The van der Waals surface area contributed by atoms with Crippen LogP contribution in [0.1, 0.15) is 55.5 Å². The highest BCUT2D eigenvalue weighted by atomic mass is 14.9. The summed E-state index contributed by atoms with van der Waals surface area (Å²) in [6.45, 7) is -2.13. The van der Waals surface area contributed by atoms with Gasteiger partial charge in [0, 0.05) is 29.5 Å². The topological polar surface area (TPSA) is 3.88 Å². The lowest BCUT2D eigenvalue weighted by atomic mass is 9.99. The monoisotopic (exact) mass is 263 g/mol. The van der Waals surface area contributed by atoms with Gasteiger partial charge in [-0.15, -0.1) is 0 Å². The van der Waals surface area contributed by atoms with Crippen molar-refractivity contribution in [3.63, 3.8) is 0 Å². The van der Waals surface area contributed by atoms with Crippen LogP contribution in [0.4, 0.5) is 0 Å². The summed E-state index contributed by atoms with van der Waals surface area (Å²) in [6.07, 6.45) is -0.862. The zero-order valence-corrected chi connectivity index (χ0v) is 11.4. The Morgan fingerprint density at radius 3 is 2.84 bits per heavy atom. The van der Waals surface area contributed by atoms with Gasteiger partial charge in [0.15, 0.2) is 6.20 Å². The first-order valence-electron chi connectivity index (χ1n) is 10.6. The summed E-state index contributed by atoms with van der Waals surface area (Å²) in [5.74, 6) is -1.75. The van der Waals surface area contributed by atoms with E-state index >= 15 is 0 Å². The number of pyridine rings is 1. The van der Waals surface area contributed by atoms with E-state index in [2.05, 4.69) is 0 Å². The SMILES string of the molecule is [2H]C([2H])([2H])C([2H])([2H])c1ccc(-c2ccc(C([2H])(C)C([2H])([2H])[2H])c[n+]2C)c(C)c1. The van der Waals surface area contributed by atoms with Gasteiger partial charge in [0.1, 0.15) is 7.05 Å². The summed E-state index contributed by atoms with van der Waals surface area (Å²) >= 11 is 0. The van der Waals surface area contributed by atoms with Crippen molar-refractivity contribution < 1.29 is 16.9 Å². The van der Waals surface area contributed by atoms with E-state index in [4.69, 9.17) is 12.3 Å². The minimum atomic E-state index is -2.78. The Morgan fingerprint density at radius 1 is 1.37 bits per heavy atom. The van der Waals surface area contributed by atoms with E-state index < -0.39 is 26.0 Å². The highest BCUT2D eigenvalue weighted by molar-refractivity contribution is 5.61. The third-order valence-corrected chi connectivity index (χ3v) is 3.21. The summed E-state index contributed by atoms with van der Waals surface area (Å²) in [5.41, 5.74) is 2.63. The molecular weight excluding hydrogens is 230 g/mol. The van der Waals surface area contributed by atoms with Crippen LogP contribution in [0.5, 0.6) is 0 Å². The fraction of sp³-hybridized carbons (Fsp3) is 0.389. The van der Waals surface area contributed by atoms with Gasteiger partial charge in [-0.05, 0) is 42.5 Å². The number of aryl methyl sites for hydroxylation is 3. The molecule has 1 nitrogen and oxygen atoms in total. The minimum absolute atomic E-state index is 0.0779. The molecule has 1 aromatic heterocycles. The summed E-state index contributed by atoms with van der Waals surface area (Å²) in [5, 5.41) is 0. The van der Waals surface area contributed by atoms with Gasteiger partial charge in [-0.25, -0.2) is 4.57 Å². The van der Waals surface area contributed by atoms with Crippen LogP contribution >= 0.6 is 0 Å². The van der Waals surface area contributed by atoms with Crippen molar-refractivity contribution in [2.75, 3.05) is 0 Å². The quantitative estimate of drug-likeness (QED) is 0.732. The molecule has 1 aromatic carbocycles. The molecular formula is C18H24N+. The largest absolute Gasteiger partial charge is 0.212 e. The van der Waals surface area contributed by atoms with Crippen molar-refractivity contribution >= 4 is 0 Å². The summed E-state index contributed by atoms with van der Waals surface area (Å²) in [7, 11) is 1.74. The molecule has 0 aliphatic heterocycles. The number of hydrogen-bond acceptors (Lipinski definition) is 0. The molecule has 0 amide bonds. The Balaban J connectivity index is 2.50. The predicted molar refractivity (Wildman–Crippen MR) is 81.3 cm³/mol. The number of benzene rings is 1. The van der Waals surface area contributed by atoms with E-state index in [1.807, 2.05) is 0 Å². The highest BCUT2D eigenvalue weighted by Gasteiger charge is 2.14. The number of rotatable bonds is 3. The van der Waals surface area contributed by atoms with E-state index in [1.165, 1.54) is 19.1 Å². The van der Waals surface area contributed by atoms with Crippen LogP contribution in [0.15, 0.2) is 36.5 Å². The maximum atomic E-state index is 8.22. The van der Waals surface area contributed by atoms with Gasteiger partial charge in [0.25, 0.3) is 0 Å². The normalized spacial score (nSPS) is 23.2. The van der Waals surface area contributed by atoms with Crippen molar-refractivity contribution in [3.8, 4) is 11.3 Å². The Morgan fingerprint density at radius 2 is 2.21 bits per heavy atom. The molecule has 0 spiro atoms. The maximum Gasteiger partial charge on any atom is 0.212 e. The first kappa shape index (κ1) is 6.21. The second-order valence-corrected chi connectivity index (χ2v) is 4.69. The maximum absolute atomic E-state index is 8.22. The highest BCUT2D eigenvalue weighted by Crippen LogP contribution is 2.23. The van der Waals surface area contributed by atoms with Gasteiger partial charge < -0.3 is 0 Å². The van der Waals surface area contributed by atoms with Crippen molar-refractivity contribution in [2.45, 2.75) is 39.8 Å². The molecule has 2 aromatic rings. The van der Waals surface area contributed by atoms with E-state index in [9.17, 15) is 0 Å². The van der Waals surface area contributed by atoms with E-state index in [-0.39, 0.29) is 5.56 Å². The van der Waals surface area contributed by atoms with Crippen LogP contribution in [-0.4, -0.2) is 0 Å². The van der Waals surface area contributed by atoms with E-state index in [0.717, 1.165) is 11.3 Å². The van der Waals surface area contributed by atoms with Crippen molar-refractivity contribution in [1.82, 2.24) is 0 Å². The molecule has 0 saturated heterocycles. The fourth-order valence-electron chi connectivity index (χ4n) is 2.14. The molecule has 0 N–H and O–H groups in total. The molecule has 100 valence electrons.